The standard InChI is InChI=1S/C23H31N5O/c1-18-7-8-19(2)20(17-18)23(29)28-15-13-27(14-16-28)22-10-9-21(24-25-22)26-11-5-3-4-6-12-26/h7-10,17H,3-6,11-16H2,1-2H3. The zero-order chi connectivity index (χ0) is 20.2. The van der Waals surface area contributed by atoms with Crippen LogP contribution in [0.15, 0.2) is 30.3 Å². The lowest BCUT2D eigenvalue weighted by Crippen LogP contribution is -2.49. The van der Waals surface area contributed by atoms with Crippen LogP contribution in [-0.2, 0) is 0 Å². The van der Waals surface area contributed by atoms with E-state index in [1.807, 2.05) is 30.9 Å². The molecule has 154 valence electrons. The van der Waals surface area contributed by atoms with E-state index in [4.69, 9.17) is 0 Å². The molecule has 2 aromatic rings. The highest BCUT2D eigenvalue weighted by atomic mass is 16.2. The van der Waals surface area contributed by atoms with Gasteiger partial charge in [0.05, 0.1) is 0 Å². The number of carbonyl (C=O) groups is 1. The monoisotopic (exact) mass is 393 g/mol. The molecule has 1 aromatic carbocycles. The van der Waals surface area contributed by atoms with Crippen molar-refractivity contribution in [1.82, 2.24) is 15.1 Å². The Labute approximate surface area is 173 Å². The smallest absolute Gasteiger partial charge is 0.254 e. The molecule has 2 fully saturated rings. The maximum absolute atomic E-state index is 12.9. The highest BCUT2D eigenvalue weighted by Crippen LogP contribution is 2.21. The van der Waals surface area contributed by atoms with Gasteiger partial charge in [-0.25, -0.2) is 0 Å². The molecule has 0 saturated carbocycles. The van der Waals surface area contributed by atoms with E-state index < -0.39 is 0 Å². The summed E-state index contributed by atoms with van der Waals surface area (Å²) in [5.74, 6) is 2.02. The van der Waals surface area contributed by atoms with Gasteiger partial charge in [-0.3, -0.25) is 4.79 Å². The van der Waals surface area contributed by atoms with Crippen LogP contribution in [0.1, 0.15) is 47.2 Å². The summed E-state index contributed by atoms with van der Waals surface area (Å²) in [4.78, 5) is 19.5. The highest BCUT2D eigenvalue weighted by molar-refractivity contribution is 5.96. The number of amides is 1. The lowest BCUT2D eigenvalue weighted by atomic mass is 10.0. The maximum atomic E-state index is 12.9. The molecule has 2 saturated heterocycles. The number of piperazine rings is 1. The Morgan fingerprint density at radius 3 is 1.93 bits per heavy atom. The molecule has 2 aliphatic heterocycles. The molecule has 6 nitrogen and oxygen atoms in total. The normalized spacial score (nSPS) is 17.9. The summed E-state index contributed by atoms with van der Waals surface area (Å²) in [6.45, 7) is 9.18. The predicted molar refractivity (Wildman–Crippen MR) is 117 cm³/mol. The first kappa shape index (κ1) is 19.7. The molecule has 4 rings (SSSR count). The van der Waals surface area contributed by atoms with Gasteiger partial charge in [0, 0.05) is 44.8 Å². The molecule has 0 radical (unpaired) electrons. The van der Waals surface area contributed by atoms with Crippen LogP contribution in [0.2, 0.25) is 0 Å². The molecular weight excluding hydrogens is 362 g/mol. The quantitative estimate of drug-likeness (QED) is 0.800. The van der Waals surface area contributed by atoms with Crippen LogP contribution in [-0.4, -0.2) is 60.3 Å². The fraction of sp³-hybridized carbons (Fsp3) is 0.522. The number of aryl methyl sites for hydroxylation is 2. The van der Waals surface area contributed by atoms with Gasteiger partial charge in [0.15, 0.2) is 11.6 Å². The Hall–Kier alpha value is -2.63. The molecule has 2 aliphatic rings. The van der Waals surface area contributed by atoms with Gasteiger partial charge in [0.1, 0.15) is 0 Å². The summed E-state index contributed by atoms with van der Waals surface area (Å²) in [6, 6.07) is 10.3. The van der Waals surface area contributed by atoms with Crippen LogP contribution in [0.4, 0.5) is 11.6 Å². The molecular formula is C23H31N5O. The summed E-state index contributed by atoms with van der Waals surface area (Å²) in [5.41, 5.74) is 2.98. The van der Waals surface area contributed by atoms with E-state index >= 15 is 0 Å². The molecule has 0 N–H and O–H groups in total. The van der Waals surface area contributed by atoms with Crippen LogP contribution in [0.3, 0.4) is 0 Å². The van der Waals surface area contributed by atoms with Gasteiger partial charge in [-0.2, -0.15) is 0 Å². The van der Waals surface area contributed by atoms with Gasteiger partial charge < -0.3 is 14.7 Å². The van der Waals surface area contributed by atoms with Crippen LogP contribution in [0.5, 0.6) is 0 Å². The number of hydrogen-bond acceptors (Lipinski definition) is 5. The largest absolute Gasteiger partial charge is 0.355 e. The number of nitrogens with zero attached hydrogens (tertiary/aromatic N) is 5. The number of benzene rings is 1. The number of aromatic nitrogens is 2. The summed E-state index contributed by atoms with van der Waals surface area (Å²) in [7, 11) is 0. The molecule has 0 atom stereocenters. The average Bonchev–Trinajstić information content (AvgIpc) is 3.05. The highest BCUT2D eigenvalue weighted by Gasteiger charge is 2.24. The van der Waals surface area contributed by atoms with Crippen molar-refractivity contribution < 1.29 is 4.79 Å². The number of rotatable bonds is 3. The van der Waals surface area contributed by atoms with Crippen LogP contribution in [0.25, 0.3) is 0 Å². The number of hydrogen-bond donors (Lipinski definition) is 0. The van der Waals surface area contributed by atoms with E-state index in [0.717, 1.165) is 54.5 Å². The van der Waals surface area contributed by atoms with Crippen molar-refractivity contribution in [3.8, 4) is 0 Å². The second-order valence-electron chi connectivity index (χ2n) is 8.25. The number of anilines is 2. The predicted octanol–water partition coefficient (Wildman–Crippen LogP) is 3.44. The number of carbonyl (C=O) groups excluding carboxylic acids is 1. The second kappa shape index (κ2) is 8.80. The zero-order valence-corrected chi connectivity index (χ0v) is 17.6. The Morgan fingerprint density at radius 1 is 0.759 bits per heavy atom. The SMILES string of the molecule is Cc1ccc(C)c(C(=O)N2CCN(c3ccc(N4CCCCCC4)nn3)CC2)c1. The Kier molecular flexibility index (Phi) is 5.97. The fourth-order valence-corrected chi connectivity index (χ4v) is 4.23. The van der Waals surface area contributed by atoms with Crippen LogP contribution in [0, 0.1) is 13.8 Å². The summed E-state index contributed by atoms with van der Waals surface area (Å²) in [5, 5.41) is 8.99. The van der Waals surface area contributed by atoms with E-state index in [0.29, 0.717) is 13.1 Å². The van der Waals surface area contributed by atoms with Gasteiger partial charge in [-0.1, -0.05) is 30.5 Å². The van der Waals surface area contributed by atoms with E-state index in [1.54, 1.807) is 0 Å². The van der Waals surface area contributed by atoms with E-state index in [9.17, 15) is 4.79 Å². The third-order valence-electron chi connectivity index (χ3n) is 6.08. The molecule has 29 heavy (non-hydrogen) atoms. The third kappa shape index (κ3) is 4.52. The summed E-state index contributed by atoms with van der Waals surface area (Å²) >= 11 is 0. The Balaban J connectivity index is 1.36. The van der Waals surface area contributed by atoms with Crippen molar-refractivity contribution in [3.63, 3.8) is 0 Å². The topological polar surface area (TPSA) is 52.6 Å². The molecule has 6 heteroatoms. The molecule has 0 aliphatic carbocycles. The van der Waals surface area contributed by atoms with Gasteiger partial charge in [0.2, 0.25) is 0 Å². The molecule has 3 heterocycles. The van der Waals surface area contributed by atoms with Gasteiger partial charge in [0.25, 0.3) is 5.91 Å². The van der Waals surface area contributed by atoms with Crippen molar-refractivity contribution in [2.75, 3.05) is 49.1 Å². The van der Waals surface area contributed by atoms with Crippen LogP contribution < -0.4 is 9.80 Å². The van der Waals surface area contributed by atoms with E-state index in [-0.39, 0.29) is 5.91 Å². The first-order valence-corrected chi connectivity index (χ1v) is 10.8. The minimum Gasteiger partial charge on any atom is -0.355 e. The first-order chi connectivity index (χ1) is 14.1. The lowest BCUT2D eigenvalue weighted by molar-refractivity contribution is 0.0745. The van der Waals surface area contributed by atoms with Crippen molar-refractivity contribution in [3.05, 3.63) is 47.0 Å². The summed E-state index contributed by atoms with van der Waals surface area (Å²) < 4.78 is 0. The fourth-order valence-electron chi connectivity index (χ4n) is 4.23. The Bertz CT molecular complexity index is 835. The Morgan fingerprint density at radius 2 is 1.34 bits per heavy atom. The summed E-state index contributed by atoms with van der Waals surface area (Å²) in [6.07, 6.45) is 5.10. The van der Waals surface area contributed by atoms with Crippen molar-refractivity contribution in [1.29, 1.82) is 0 Å². The second-order valence-corrected chi connectivity index (χ2v) is 8.25. The van der Waals surface area contributed by atoms with E-state index in [1.165, 1.54) is 25.7 Å². The molecule has 0 bridgehead atoms. The minimum absolute atomic E-state index is 0.133. The van der Waals surface area contributed by atoms with Crippen molar-refractivity contribution in [2.45, 2.75) is 39.5 Å². The molecule has 1 amide bonds. The van der Waals surface area contributed by atoms with Crippen LogP contribution >= 0.6 is 0 Å². The third-order valence-corrected chi connectivity index (χ3v) is 6.08. The molecule has 0 spiro atoms. The minimum atomic E-state index is 0.133. The van der Waals surface area contributed by atoms with Gasteiger partial charge >= 0.3 is 0 Å². The maximum Gasteiger partial charge on any atom is 0.254 e. The van der Waals surface area contributed by atoms with E-state index in [2.05, 4.69) is 38.2 Å². The van der Waals surface area contributed by atoms with Gasteiger partial charge in [-0.15, -0.1) is 10.2 Å². The lowest BCUT2D eigenvalue weighted by Gasteiger charge is -2.35. The first-order valence-electron chi connectivity index (χ1n) is 10.8. The van der Waals surface area contributed by atoms with Crippen molar-refractivity contribution >= 4 is 17.5 Å². The zero-order valence-electron chi connectivity index (χ0n) is 17.6. The molecule has 0 unspecified atom stereocenters. The van der Waals surface area contributed by atoms with Gasteiger partial charge in [-0.05, 0) is 50.5 Å². The average molecular weight is 394 g/mol. The molecule has 1 aromatic heterocycles. The van der Waals surface area contributed by atoms with Crippen molar-refractivity contribution in [2.24, 2.45) is 0 Å².